The van der Waals surface area contributed by atoms with E-state index in [9.17, 15) is 4.79 Å². The third kappa shape index (κ3) is 3.62. The standard InChI is InChI=1S/C24H21ClN4O/c25-18-8-11-26-19(13-18)15-28-12-9-20-21-7-4-10-27-23(21)29(24(30)22(20)16-28)14-17-5-2-1-3-6-17/h1-8,10-11,13H,9,12,14-16H2. The first-order valence-electron chi connectivity index (χ1n) is 10.0. The zero-order chi connectivity index (χ0) is 20.5. The van der Waals surface area contributed by atoms with E-state index in [4.69, 9.17) is 11.6 Å². The van der Waals surface area contributed by atoms with Crippen molar-refractivity contribution in [3.63, 3.8) is 0 Å². The summed E-state index contributed by atoms with van der Waals surface area (Å²) < 4.78 is 1.81. The second kappa shape index (κ2) is 8.01. The maximum atomic E-state index is 13.5. The highest BCUT2D eigenvalue weighted by molar-refractivity contribution is 6.30. The van der Waals surface area contributed by atoms with E-state index >= 15 is 0 Å². The second-order valence-corrected chi connectivity index (χ2v) is 8.07. The number of rotatable bonds is 4. The van der Waals surface area contributed by atoms with Crippen molar-refractivity contribution in [3.05, 3.63) is 105 Å². The molecule has 5 rings (SSSR count). The zero-order valence-electron chi connectivity index (χ0n) is 16.5. The highest BCUT2D eigenvalue weighted by Gasteiger charge is 2.24. The highest BCUT2D eigenvalue weighted by Crippen LogP contribution is 2.25. The Labute approximate surface area is 179 Å². The van der Waals surface area contributed by atoms with Gasteiger partial charge < -0.3 is 0 Å². The molecule has 1 aliphatic heterocycles. The number of benzene rings is 1. The molecule has 1 aromatic carbocycles. The van der Waals surface area contributed by atoms with Gasteiger partial charge in [0.05, 0.1) is 12.2 Å². The molecule has 0 spiro atoms. The van der Waals surface area contributed by atoms with Gasteiger partial charge in [-0.25, -0.2) is 4.98 Å². The van der Waals surface area contributed by atoms with Gasteiger partial charge in [0.25, 0.3) is 5.56 Å². The Morgan fingerprint density at radius 1 is 0.933 bits per heavy atom. The van der Waals surface area contributed by atoms with Crippen LogP contribution in [0.25, 0.3) is 11.0 Å². The summed E-state index contributed by atoms with van der Waals surface area (Å²) in [5.41, 5.74) is 4.79. The molecule has 0 amide bonds. The third-order valence-electron chi connectivity index (χ3n) is 5.64. The van der Waals surface area contributed by atoms with Crippen molar-refractivity contribution in [3.8, 4) is 0 Å². The summed E-state index contributed by atoms with van der Waals surface area (Å²) in [6.45, 7) is 2.65. The van der Waals surface area contributed by atoms with E-state index in [-0.39, 0.29) is 5.56 Å². The van der Waals surface area contributed by atoms with Gasteiger partial charge in [0.15, 0.2) is 0 Å². The number of fused-ring (bicyclic) bond motifs is 3. The van der Waals surface area contributed by atoms with Crippen molar-refractivity contribution in [1.82, 2.24) is 19.4 Å². The van der Waals surface area contributed by atoms with Crippen molar-refractivity contribution in [2.24, 2.45) is 0 Å². The minimum Gasteiger partial charge on any atom is -0.293 e. The van der Waals surface area contributed by atoms with Crippen molar-refractivity contribution in [2.75, 3.05) is 6.54 Å². The van der Waals surface area contributed by atoms with E-state index in [0.717, 1.165) is 46.4 Å². The van der Waals surface area contributed by atoms with Crippen molar-refractivity contribution < 1.29 is 0 Å². The smallest absolute Gasteiger partial charge is 0.257 e. The average Bonchev–Trinajstić information content (AvgIpc) is 2.77. The van der Waals surface area contributed by atoms with E-state index in [1.807, 2.05) is 47.0 Å². The topological polar surface area (TPSA) is 51.0 Å². The van der Waals surface area contributed by atoms with Gasteiger partial charge in [0.2, 0.25) is 0 Å². The summed E-state index contributed by atoms with van der Waals surface area (Å²) in [7, 11) is 0. The van der Waals surface area contributed by atoms with Crippen LogP contribution < -0.4 is 5.56 Å². The molecule has 5 nitrogen and oxygen atoms in total. The van der Waals surface area contributed by atoms with Gasteiger partial charge in [-0.2, -0.15) is 0 Å². The molecule has 3 aromatic heterocycles. The molecule has 150 valence electrons. The number of aromatic nitrogens is 3. The number of hydrogen-bond acceptors (Lipinski definition) is 4. The molecule has 0 saturated carbocycles. The van der Waals surface area contributed by atoms with Crippen LogP contribution >= 0.6 is 11.6 Å². The predicted octanol–water partition coefficient (Wildman–Crippen LogP) is 4.05. The largest absolute Gasteiger partial charge is 0.293 e. The quantitative estimate of drug-likeness (QED) is 0.503. The lowest BCUT2D eigenvalue weighted by Crippen LogP contribution is -2.37. The van der Waals surface area contributed by atoms with Crippen LogP contribution in [0.2, 0.25) is 5.02 Å². The summed E-state index contributed by atoms with van der Waals surface area (Å²) in [6, 6.07) is 17.7. The number of pyridine rings is 3. The predicted molar refractivity (Wildman–Crippen MR) is 119 cm³/mol. The summed E-state index contributed by atoms with van der Waals surface area (Å²) in [6.07, 6.45) is 4.30. The Kier molecular flexibility index (Phi) is 5.07. The minimum atomic E-state index is 0.0452. The maximum Gasteiger partial charge on any atom is 0.257 e. The minimum absolute atomic E-state index is 0.0452. The summed E-state index contributed by atoms with van der Waals surface area (Å²) >= 11 is 6.11. The van der Waals surface area contributed by atoms with Gasteiger partial charge in [-0.3, -0.25) is 19.2 Å². The van der Waals surface area contributed by atoms with Gasteiger partial charge >= 0.3 is 0 Å². The molecule has 0 saturated heterocycles. The van der Waals surface area contributed by atoms with Crippen LogP contribution in [-0.2, 0) is 26.1 Å². The highest BCUT2D eigenvalue weighted by atomic mass is 35.5. The van der Waals surface area contributed by atoms with Gasteiger partial charge in [-0.1, -0.05) is 41.9 Å². The lowest BCUT2D eigenvalue weighted by atomic mass is 9.97. The van der Waals surface area contributed by atoms with Gasteiger partial charge in [0.1, 0.15) is 5.65 Å². The maximum absolute atomic E-state index is 13.5. The molecule has 30 heavy (non-hydrogen) atoms. The number of hydrogen-bond donors (Lipinski definition) is 0. The number of halogens is 1. The Balaban J connectivity index is 1.55. The SMILES string of the molecule is O=c1c2c(c3cccnc3n1Cc1ccccc1)CCN(Cc1cc(Cl)ccn1)C2. The van der Waals surface area contributed by atoms with E-state index in [2.05, 4.69) is 20.9 Å². The Hall–Kier alpha value is -3.02. The number of nitrogens with zero attached hydrogens (tertiary/aromatic N) is 4. The zero-order valence-corrected chi connectivity index (χ0v) is 17.2. The first-order valence-corrected chi connectivity index (χ1v) is 10.4. The van der Waals surface area contributed by atoms with E-state index < -0.39 is 0 Å². The molecular weight excluding hydrogens is 396 g/mol. The molecule has 0 fully saturated rings. The molecule has 0 N–H and O–H groups in total. The van der Waals surface area contributed by atoms with E-state index in [1.165, 1.54) is 0 Å². The Morgan fingerprint density at radius 3 is 2.63 bits per heavy atom. The van der Waals surface area contributed by atoms with Gasteiger partial charge in [-0.15, -0.1) is 0 Å². The van der Waals surface area contributed by atoms with Crippen molar-refractivity contribution in [1.29, 1.82) is 0 Å². The fraction of sp³-hybridized carbons (Fsp3) is 0.208. The Bertz CT molecular complexity index is 1270. The molecule has 0 aliphatic carbocycles. The monoisotopic (exact) mass is 416 g/mol. The molecule has 0 unspecified atom stereocenters. The van der Waals surface area contributed by atoms with Crippen LogP contribution in [0.1, 0.15) is 22.4 Å². The summed E-state index contributed by atoms with van der Waals surface area (Å²) in [5.74, 6) is 0. The van der Waals surface area contributed by atoms with Crippen LogP contribution in [0.5, 0.6) is 0 Å². The van der Waals surface area contributed by atoms with Crippen molar-refractivity contribution in [2.45, 2.75) is 26.1 Å². The molecular formula is C24H21ClN4O. The van der Waals surface area contributed by atoms with Crippen LogP contribution in [0.15, 0.2) is 71.8 Å². The molecule has 0 atom stereocenters. The molecule has 4 aromatic rings. The van der Waals surface area contributed by atoms with Crippen LogP contribution in [0, 0.1) is 0 Å². The van der Waals surface area contributed by atoms with Crippen LogP contribution in [-0.4, -0.2) is 26.0 Å². The van der Waals surface area contributed by atoms with Crippen LogP contribution in [0.3, 0.4) is 0 Å². The molecule has 0 radical (unpaired) electrons. The molecule has 6 heteroatoms. The van der Waals surface area contributed by atoms with Gasteiger partial charge in [0, 0.05) is 48.0 Å². The third-order valence-corrected chi connectivity index (χ3v) is 5.88. The second-order valence-electron chi connectivity index (χ2n) is 7.63. The molecule has 4 heterocycles. The Morgan fingerprint density at radius 2 is 1.80 bits per heavy atom. The summed E-state index contributed by atoms with van der Waals surface area (Å²) in [4.78, 5) is 24.8. The molecule has 1 aliphatic rings. The first kappa shape index (κ1) is 19.0. The lowest BCUT2D eigenvalue weighted by molar-refractivity contribution is 0.241. The average molecular weight is 417 g/mol. The molecule has 0 bridgehead atoms. The van der Waals surface area contributed by atoms with E-state index in [1.54, 1.807) is 18.5 Å². The lowest BCUT2D eigenvalue weighted by Gasteiger charge is -2.29. The van der Waals surface area contributed by atoms with E-state index in [0.29, 0.717) is 24.7 Å². The fourth-order valence-electron chi connectivity index (χ4n) is 4.23. The van der Waals surface area contributed by atoms with Gasteiger partial charge in [-0.05, 0) is 41.8 Å². The normalized spacial score (nSPS) is 14.0. The fourth-order valence-corrected chi connectivity index (χ4v) is 4.41. The first-order chi connectivity index (χ1) is 14.7. The van der Waals surface area contributed by atoms with Crippen molar-refractivity contribution >= 4 is 22.6 Å². The van der Waals surface area contributed by atoms with Crippen LogP contribution in [0.4, 0.5) is 0 Å². The summed E-state index contributed by atoms with van der Waals surface area (Å²) in [5, 5.41) is 1.75.